The highest BCUT2D eigenvalue weighted by Gasteiger charge is 2.45. The predicted octanol–water partition coefficient (Wildman–Crippen LogP) is 2.42. The van der Waals surface area contributed by atoms with Crippen LogP contribution in [0.4, 0.5) is 0 Å². The summed E-state index contributed by atoms with van der Waals surface area (Å²) in [5.74, 6) is -0.00525. The second-order valence-corrected chi connectivity index (χ2v) is 5.02. The summed E-state index contributed by atoms with van der Waals surface area (Å²) in [6.07, 6.45) is 1.81. The average molecular weight is 233 g/mol. The summed E-state index contributed by atoms with van der Waals surface area (Å²) in [4.78, 5) is 12.0. The van der Waals surface area contributed by atoms with E-state index in [1.54, 1.807) is 6.92 Å². The van der Waals surface area contributed by atoms with Crippen LogP contribution < -0.4 is 5.73 Å². The van der Waals surface area contributed by atoms with E-state index in [-0.39, 0.29) is 18.0 Å². The second kappa shape index (κ2) is 4.49. The first kappa shape index (κ1) is 12.1. The number of ether oxygens (including phenoxy) is 1. The van der Waals surface area contributed by atoms with E-state index in [1.165, 1.54) is 0 Å². The molecule has 0 radical (unpaired) electrons. The van der Waals surface area contributed by atoms with Gasteiger partial charge in [0.1, 0.15) is 11.6 Å². The first-order valence-electron chi connectivity index (χ1n) is 6.06. The molecule has 1 aliphatic carbocycles. The van der Waals surface area contributed by atoms with Crippen molar-refractivity contribution in [2.24, 2.45) is 11.7 Å². The molecule has 2 N–H and O–H groups in total. The van der Waals surface area contributed by atoms with Gasteiger partial charge in [0.25, 0.3) is 0 Å². The molecule has 17 heavy (non-hydrogen) atoms. The topological polar surface area (TPSA) is 52.3 Å². The standard InChI is InChI=1S/C14H19NO2/c1-10(11-6-4-3-5-7-11)17-13(16)14(2,15)12-8-9-12/h3-7,10,12H,8-9,15H2,1-2H3. The summed E-state index contributed by atoms with van der Waals surface area (Å²) >= 11 is 0. The van der Waals surface area contributed by atoms with Crippen molar-refractivity contribution < 1.29 is 9.53 Å². The largest absolute Gasteiger partial charge is 0.456 e. The van der Waals surface area contributed by atoms with E-state index in [9.17, 15) is 4.79 Å². The van der Waals surface area contributed by atoms with Crippen LogP contribution >= 0.6 is 0 Å². The summed E-state index contributed by atoms with van der Waals surface area (Å²) in [7, 11) is 0. The molecule has 1 aromatic rings. The van der Waals surface area contributed by atoms with E-state index in [0.29, 0.717) is 0 Å². The van der Waals surface area contributed by atoms with Crippen LogP contribution in [0.5, 0.6) is 0 Å². The summed E-state index contributed by atoms with van der Waals surface area (Å²) in [5, 5.41) is 0. The summed E-state index contributed by atoms with van der Waals surface area (Å²) in [5.41, 5.74) is 6.18. The zero-order chi connectivity index (χ0) is 12.5. The number of benzene rings is 1. The van der Waals surface area contributed by atoms with Gasteiger partial charge < -0.3 is 10.5 Å². The summed E-state index contributed by atoms with van der Waals surface area (Å²) < 4.78 is 5.44. The van der Waals surface area contributed by atoms with Crippen molar-refractivity contribution in [2.45, 2.75) is 38.3 Å². The Bertz CT molecular complexity index is 396. The van der Waals surface area contributed by atoms with Crippen LogP contribution in [-0.4, -0.2) is 11.5 Å². The SMILES string of the molecule is CC(OC(=O)C(C)(N)C1CC1)c1ccccc1. The zero-order valence-corrected chi connectivity index (χ0v) is 10.3. The van der Waals surface area contributed by atoms with Crippen molar-refractivity contribution >= 4 is 5.97 Å². The van der Waals surface area contributed by atoms with Gasteiger partial charge in [0, 0.05) is 0 Å². The van der Waals surface area contributed by atoms with Gasteiger partial charge in [0.05, 0.1) is 0 Å². The molecule has 1 aromatic carbocycles. The maximum absolute atomic E-state index is 12.0. The smallest absolute Gasteiger partial charge is 0.326 e. The van der Waals surface area contributed by atoms with Gasteiger partial charge in [0.15, 0.2) is 0 Å². The normalized spacial score (nSPS) is 20.4. The van der Waals surface area contributed by atoms with E-state index in [2.05, 4.69) is 0 Å². The minimum atomic E-state index is -0.830. The van der Waals surface area contributed by atoms with Crippen molar-refractivity contribution in [3.05, 3.63) is 35.9 Å². The zero-order valence-electron chi connectivity index (χ0n) is 10.3. The molecule has 1 fully saturated rings. The van der Waals surface area contributed by atoms with E-state index in [1.807, 2.05) is 37.3 Å². The molecule has 3 nitrogen and oxygen atoms in total. The van der Waals surface area contributed by atoms with Gasteiger partial charge in [-0.3, -0.25) is 4.79 Å². The van der Waals surface area contributed by atoms with E-state index >= 15 is 0 Å². The van der Waals surface area contributed by atoms with Crippen molar-refractivity contribution in [1.82, 2.24) is 0 Å². The Hall–Kier alpha value is -1.35. The summed E-state index contributed by atoms with van der Waals surface area (Å²) in [6.45, 7) is 3.64. The van der Waals surface area contributed by atoms with Crippen LogP contribution in [0.1, 0.15) is 38.4 Å². The Morgan fingerprint density at radius 3 is 2.53 bits per heavy atom. The maximum atomic E-state index is 12.0. The first-order chi connectivity index (χ1) is 8.01. The molecular formula is C14H19NO2. The van der Waals surface area contributed by atoms with Crippen LogP contribution in [0.15, 0.2) is 30.3 Å². The molecule has 0 heterocycles. The number of esters is 1. The quantitative estimate of drug-likeness (QED) is 0.812. The lowest BCUT2D eigenvalue weighted by Crippen LogP contribution is -2.48. The summed E-state index contributed by atoms with van der Waals surface area (Å²) in [6, 6.07) is 9.70. The van der Waals surface area contributed by atoms with Gasteiger partial charge in [-0.2, -0.15) is 0 Å². The Morgan fingerprint density at radius 2 is 2.00 bits per heavy atom. The first-order valence-corrected chi connectivity index (χ1v) is 6.06. The molecule has 0 aromatic heterocycles. The van der Waals surface area contributed by atoms with Gasteiger partial charge in [-0.05, 0) is 38.2 Å². The highest BCUT2D eigenvalue weighted by molar-refractivity contribution is 5.81. The van der Waals surface area contributed by atoms with Crippen molar-refractivity contribution in [1.29, 1.82) is 0 Å². The molecule has 3 heteroatoms. The predicted molar refractivity (Wildman–Crippen MR) is 66.3 cm³/mol. The molecule has 2 rings (SSSR count). The molecule has 0 saturated heterocycles. The van der Waals surface area contributed by atoms with Gasteiger partial charge in [-0.25, -0.2) is 0 Å². The van der Waals surface area contributed by atoms with Gasteiger partial charge in [-0.15, -0.1) is 0 Å². The average Bonchev–Trinajstić information content (AvgIpc) is 3.14. The molecule has 2 atom stereocenters. The molecule has 92 valence electrons. The van der Waals surface area contributed by atoms with Gasteiger partial charge in [-0.1, -0.05) is 30.3 Å². The highest BCUT2D eigenvalue weighted by Crippen LogP contribution is 2.39. The monoisotopic (exact) mass is 233 g/mol. The fourth-order valence-corrected chi connectivity index (χ4v) is 1.93. The van der Waals surface area contributed by atoms with Gasteiger partial charge >= 0.3 is 5.97 Å². The van der Waals surface area contributed by atoms with Crippen LogP contribution in [-0.2, 0) is 9.53 Å². The fraction of sp³-hybridized carbons (Fsp3) is 0.500. The van der Waals surface area contributed by atoms with Crippen LogP contribution in [0.2, 0.25) is 0 Å². The van der Waals surface area contributed by atoms with Crippen LogP contribution in [0.3, 0.4) is 0 Å². The third-order valence-corrected chi connectivity index (χ3v) is 3.42. The third-order valence-electron chi connectivity index (χ3n) is 3.42. The number of hydrogen-bond acceptors (Lipinski definition) is 3. The second-order valence-electron chi connectivity index (χ2n) is 5.02. The van der Waals surface area contributed by atoms with E-state index in [0.717, 1.165) is 18.4 Å². The Balaban J connectivity index is 1.99. The lowest BCUT2D eigenvalue weighted by Gasteiger charge is -2.24. The third kappa shape index (κ3) is 2.67. The van der Waals surface area contributed by atoms with Crippen LogP contribution in [0, 0.1) is 5.92 Å². The lowest BCUT2D eigenvalue weighted by molar-refractivity contribution is -0.155. The Kier molecular flexibility index (Phi) is 3.20. The number of hydrogen-bond donors (Lipinski definition) is 1. The Labute approximate surface area is 102 Å². The number of nitrogens with two attached hydrogens (primary N) is 1. The molecule has 2 unspecified atom stereocenters. The van der Waals surface area contributed by atoms with Crippen molar-refractivity contribution in [2.75, 3.05) is 0 Å². The number of carbonyl (C=O) groups excluding carboxylic acids is 1. The molecule has 1 aliphatic rings. The molecule has 0 amide bonds. The van der Waals surface area contributed by atoms with Crippen LogP contribution in [0.25, 0.3) is 0 Å². The highest BCUT2D eigenvalue weighted by atomic mass is 16.5. The molecule has 1 saturated carbocycles. The fourth-order valence-electron chi connectivity index (χ4n) is 1.93. The molecular weight excluding hydrogens is 214 g/mol. The van der Waals surface area contributed by atoms with Gasteiger partial charge in [0.2, 0.25) is 0 Å². The van der Waals surface area contributed by atoms with E-state index in [4.69, 9.17) is 10.5 Å². The molecule has 0 aliphatic heterocycles. The number of carbonyl (C=O) groups is 1. The minimum absolute atomic E-state index is 0.245. The van der Waals surface area contributed by atoms with E-state index < -0.39 is 5.54 Å². The minimum Gasteiger partial charge on any atom is -0.456 e. The lowest BCUT2D eigenvalue weighted by atomic mass is 9.97. The number of rotatable bonds is 4. The molecule has 0 spiro atoms. The van der Waals surface area contributed by atoms with Crippen molar-refractivity contribution in [3.8, 4) is 0 Å². The van der Waals surface area contributed by atoms with Crippen molar-refractivity contribution in [3.63, 3.8) is 0 Å². The Morgan fingerprint density at radius 1 is 1.41 bits per heavy atom. The maximum Gasteiger partial charge on any atom is 0.326 e. The molecule has 0 bridgehead atoms.